The van der Waals surface area contributed by atoms with Gasteiger partial charge in [-0.05, 0) is 36.9 Å². The molecule has 96 valence electrons. The van der Waals surface area contributed by atoms with E-state index in [9.17, 15) is 5.11 Å². The molecule has 17 heavy (non-hydrogen) atoms. The SMILES string of the molecule is CSC(CO)C(C)NCc1cc(Br)ccc1Cl. The third-order valence-corrected chi connectivity index (χ3v) is 4.69. The number of hydrogen-bond acceptors (Lipinski definition) is 3. The van der Waals surface area contributed by atoms with Crippen LogP contribution in [0.1, 0.15) is 12.5 Å². The molecule has 0 aromatic heterocycles. The third-order valence-electron chi connectivity index (χ3n) is 2.66. The fourth-order valence-corrected chi connectivity index (χ4v) is 2.76. The van der Waals surface area contributed by atoms with Gasteiger partial charge >= 0.3 is 0 Å². The average molecular weight is 339 g/mol. The van der Waals surface area contributed by atoms with E-state index in [4.69, 9.17) is 11.6 Å². The van der Waals surface area contributed by atoms with Crippen LogP contribution in [0.15, 0.2) is 22.7 Å². The van der Waals surface area contributed by atoms with Crippen molar-refractivity contribution in [2.24, 2.45) is 0 Å². The van der Waals surface area contributed by atoms with Gasteiger partial charge in [0.2, 0.25) is 0 Å². The molecule has 2 nitrogen and oxygen atoms in total. The van der Waals surface area contributed by atoms with E-state index in [1.54, 1.807) is 11.8 Å². The molecule has 2 unspecified atom stereocenters. The number of rotatable bonds is 6. The van der Waals surface area contributed by atoms with E-state index in [-0.39, 0.29) is 17.9 Å². The van der Waals surface area contributed by atoms with Crippen LogP contribution in [-0.2, 0) is 6.54 Å². The largest absolute Gasteiger partial charge is 0.395 e. The van der Waals surface area contributed by atoms with Crippen LogP contribution in [0.5, 0.6) is 0 Å². The molecular formula is C12H17BrClNOS. The zero-order valence-electron chi connectivity index (χ0n) is 9.91. The van der Waals surface area contributed by atoms with E-state index in [1.165, 1.54) is 0 Å². The highest BCUT2D eigenvalue weighted by molar-refractivity contribution is 9.10. The van der Waals surface area contributed by atoms with Crippen LogP contribution in [0.4, 0.5) is 0 Å². The summed E-state index contributed by atoms with van der Waals surface area (Å²) in [6.07, 6.45) is 2.01. The highest BCUT2D eigenvalue weighted by Crippen LogP contribution is 2.21. The lowest BCUT2D eigenvalue weighted by Gasteiger charge is -2.21. The minimum Gasteiger partial charge on any atom is -0.395 e. The van der Waals surface area contributed by atoms with Crippen LogP contribution in [-0.4, -0.2) is 29.3 Å². The highest BCUT2D eigenvalue weighted by atomic mass is 79.9. The Morgan fingerprint density at radius 2 is 2.24 bits per heavy atom. The van der Waals surface area contributed by atoms with Crippen molar-refractivity contribution in [2.45, 2.75) is 24.8 Å². The molecule has 2 N–H and O–H groups in total. The molecule has 0 saturated heterocycles. The molecule has 0 amide bonds. The van der Waals surface area contributed by atoms with Crippen LogP contribution >= 0.6 is 39.3 Å². The van der Waals surface area contributed by atoms with Gasteiger partial charge in [0.25, 0.3) is 0 Å². The second-order valence-corrected chi connectivity index (χ2v) is 6.26. The molecule has 2 atom stereocenters. The first-order valence-electron chi connectivity index (χ1n) is 5.39. The summed E-state index contributed by atoms with van der Waals surface area (Å²) >= 11 is 11.2. The van der Waals surface area contributed by atoms with Gasteiger partial charge in [-0.1, -0.05) is 27.5 Å². The molecule has 1 aromatic carbocycles. The van der Waals surface area contributed by atoms with Crippen molar-refractivity contribution in [3.63, 3.8) is 0 Å². The smallest absolute Gasteiger partial charge is 0.0564 e. The van der Waals surface area contributed by atoms with Gasteiger partial charge < -0.3 is 10.4 Å². The van der Waals surface area contributed by atoms with Crippen molar-refractivity contribution in [1.29, 1.82) is 0 Å². The van der Waals surface area contributed by atoms with Crippen LogP contribution in [0.3, 0.4) is 0 Å². The summed E-state index contributed by atoms with van der Waals surface area (Å²) < 4.78 is 1.02. The highest BCUT2D eigenvalue weighted by Gasteiger charge is 2.14. The Balaban J connectivity index is 2.57. The van der Waals surface area contributed by atoms with Gasteiger partial charge in [0, 0.05) is 27.3 Å². The molecule has 0 aliphatic carbocycles. The molecule has 0 radical (unpaired) electrons. The van der Waals surface area contributed by atoms with E-state index in [2.05, 4.69) is 28.2 Å². The molecule has 0 bridgehead atoms. The van der Waals surface area contributed by atoms with Crippen molar-refractivity contribution in [3.8, 4) is 0 Å². The molecular weight excluding hydrogens is 322 g/mol. The summed E-state index contributed by atoms with van der Waals surface area (Å²) in [6, 6.07) is 6.05. The summed E-state index contributed by atoms with van der Waals surface area (Å²) in [5, 5.41) is 13.6. The molecule has 5 heteroatoms. The Morgan fingerprint density at radius 3 is 2.82 bits per heavy atom. The van der Waals surface area contributed by atoms with Crippen molar-refractivity contribution in [1.82, 2.24) is 5.32 Å². The predicted molar refractivity (Wildman–Crippen MR) is 79.8 cm³/mol. The minimum atomic E-state index is 0.182. The molecule has 1 aromatic rings. The summed E-state index contributed by atoms with van der Waals surface area (Å²) in [7, 11) is 0. The molecule has 0 heterocycles. The van der Waals surface area contributed by atoms with E-state index in [1.807, 2.05) is 24.5 Å². The van der Waals surface area contributed by atoms with E-state index in [0.717, 1.165) is 15.1 Å². The number of aliphatic hydroxyl groups excluding tert-OH is 1. The monoisotopic (exact) mass is 337 g/mol. The topological polar surface area (TPSA) is 32.3 Å². The van der Waals surface area contributed by atoms with Crippen LogP contribution < -0.4 is 5.32 Å². The van der Waals surface area contributed by atoms with Gasteiger partial charge in [-0.15, -0.1) is 0 Å². The van der Waals surface area contributed by atoms with E-state index in [0.29, 0.717) is 6.54 Å². The third kappa shape index (κ3) is 4.79. The maximum absolute atomic E-state index is 9.20. The maximum atomic E-state index is 9.20. The van der Waals surface area contributed by atoms with Gasteiger partial charge in [-0.3, -0.25) is 0 Å². The lowest BCUT2D eigenvalue weighted by Crippen LogP contribution is -2.37. The molecule has 0 aliphatic heterocycles. The van der Waals surface area contributed by atoms with Gasteiger partial charge in [0.05, 0.1) is 6.61 Å². The Bertz CT molecular complexity index is 360. The van der Waals surface area contributed by atoms with Crippen molar-refractivity contribution in [2.75, 3.05) is 12.9 Å². The molecule has 1 rings (SSSR count). The Labute approximate surface area is 120 Å². The Hall–Kier alpha value is 0.260. The maximum Gasteiger partial charge on any atom is 0.0564 e. The number of nitrogens with one attached hydrogen (secondary N) is 1. The van der Waals surface area contributed by atoms with E-state index < -0.39 is 0 Å². The fourth-order valence-electron chi connectivity index (χ4n) is 1.52. The summed E-state index contributed by atoms with van der Waals surface area (Å²) in [6.45, 7) is 2.96. The standard InChI is InChI=1S/C12H17BrClNOS/c1-8(12(7-16)17-2)15-6-9-5-10(13)3-4-11(9)14/h3-5,8,12,15-16H,6-7H2,1-2H3. The van der Waals surface area contributed by atoms with E-state index >= 15 is 0 Å². The number of hydrogen-bond donors (Lipinski definition) is 2. The summed E-state index contributed by atoms with van der Waals surface area (Å²) in [5.41, 5.74) is 1.06. The molecule has 0 fully saturated rings. The number of thioether (sulfide) groups is 1. The molecule has 0 spiro atoms. The lowest BCUT2D eigenvalue weighted by molar-refractivity contribution is 0.276. The van der Waals surface area contributed by atoms with Crippen LogP contribution in [0.2, 0.25) is 5.02 Å². The zero-order valence-corrected chi connectivity index (χ0v) is 13.1. The Kier molecular flexibility index (Phi) is 6.89. The zero-order chi connectivity index (χ0) is 12.8. The first-order chi connectivity index (χ1) is 8.08. The van der Waals surface area contributed by atoms with Gasteiger partial charge in [-0.25, -0.2) is 0 Å². The molecule has 0 saturated carbocycles. The normalized spacial score (nSPS) is 14.6. The van der Waals surface area contributed by atoms with Gasteiger partial charge in [-0.2, -0.15) is 11.8 Å². The first kappa shape index (κ1) is 15.3. The van der Waals surface area contributed by atoms with Crippen LogP contribution in [0.25, 0.3) is 0 Å². The first-order valence-corrected chi connectivity index (χ1v) is 7.85. The fraction of sp³-hybridized carbons (Fsp3) is 0.500. The summed E-state index contributed by atoms with van der Waals surface area (Å²) in [4.78, 5) is 0. The number of benzene rings is 1. The second-order valence-electron chi connectivity index (χ2n) is 3.86. The van der Waals surface area contributed by atoms with Crippen molar-refractivity contribution < 1.29 is 5.11 Å². The Morgan fingerprint density at radius 1 is 1.53 bits per heavy atom. The lowest BCUT2D eigenvalue weighted by atomic mass is 10.2. The van der Waals surface area contributed by atoms with Gasteiger partial charge in [0.15, 0.2) is 0 Å². The molecule has 0 aliphatic rings. The van der Waals surface area contributed by atoms with Gasteiger partial charge in [0.1, 0.15) is 0 Å². The average Bonchev–Trinajstić information content (AvgIpc) is 2.32. The van der Waals surface area contributed by atoms with Crippen molar-refractivity contribution >= 4 is 39.3 Å². The second kappa shape index (κ2) is 7.64. The number of aliphatic hydroxyl groups is 1. The minimum absolute atomic E-state index is 0.182. The summed E-state index contributed by atoms with van der Waals surface area (Å²) in [5.74, 6) is 0. The van der Waals surface area contributed by atoms with Crippen molar-refractivity contribution in [3.05, 3.63) is 33.3 Å². The quantitative estimate of drug-likeness (QED) is 0.834. The number of halogens is 2. The van der Waals surface area contributed by atoms with Crippen LogP contribution in [0, 0.1) is 0 Å². The predicted octanol–water partition coefficient (Wildman–Crippen LogP) is 3.30.